The zero-order chi connectivity index (χ0) is 17.7. The van der Waals surface area contributed by atoms with Crippen LogP contribution in [0.4, 0.5) is 5.69 Å². The second-order valence-corrected chi connectivity index (χ2v) is 6.31. The number of non-ortho nitro benzene ring substituents is 1. The van der Waals surface area contributed by atoms with Gasteiger partial charge in [-0.05, 0) is 30.5 Å². The number of aryl methyl sites for hydroxylation is 2. The largest absolute Gasteiger partial charge is 0.279 e. The fraction of sp³-hybridized carbons (Fsp3) is 0.250. The number of hydrazine groups is 1. The predicted molar refractivity (Wildman–Crippen MR) is 90.8 cm³/mol. The molecule has 0 radical (unpaired) electrons. The van der Waals surface area contributed by atoms with Crippen LogP contribution in [0.1, 0.15) is 32.6 Å². The Morgan fingerprint density at radius 3 is 2.42 bits per heavy atom. The van der Waals surface area contributed by atoms with Crippen LogP contribution in [0.25, 0.3) is 0 Å². The molecule has 2 aromatic rings. The van der Waals surface area contributed by atoms with Crippen LogP contribution in [0.5, 0.6) is 0 Å². The Morgan fingerprint density at radius 1 is 1.21 bits per heavy atom. The minimum atomic E-state index is -0.502. The van der Waals surface area contributed by atoms with Crippen molar-refractivity contribution in [2.24, 2.45) is 0 Å². The molecule has 2 N–H and O–H groups in total. The van der Waals surface area contributed by atoms with Gasteiger partial charge in [0, 0.05) is 17.0 Å². The second-order valence-electron chi connectivity index (χ2n) is 5.17. The van der Waals surface area contributed by atoms with Crippen LogP contribution >= 0.6 is 11.3 Å². The summed E-state index contributed by atoms with van der Waals surface area (Å²) in [5, 5.41) is 10.6. The minimum absolute atomic E-state index is 0.0158. The van der Waals surface area contributed by atoms with Crippen LogP contribution in [-0.4, -0.2) is 16.7 Å². The van der Waals surface area contributed by atoms with E-state index in [2.05, 4.69) is 10.9 Å². The highest BCUT2D eigenvalue weighted by atomic mass is 32.1. The maximum atomic E-state index is 12.0. The summed E-state index contributed by atoms with van der Waals surface area (Å²) in [6.07, 6.45) is 0.873. The third kappa shape index (κ3) is 4.39. The molecule has 0 fully saturated rings. The van der Waals surface area contributed by atoms with Gasteiger partial charge in [0.25, 0.3) is 11.6 Å². The molecule has 1 aromatic heterocycles. The van der Waals surface area contributed by atoms with Crippen molar-refractivity contribution < 1.29 is 14.5 Å². The number of nitro benzene ring substituents is 1. The van der Waals surface area contributed by atoms with Crippen molar-refractivity contribution in [1.82, 2.24) is 10.9 Å². The number of hydrogen-bond donors (Lipinski definition) is 2. The van der Waals surface area contributed by atoms with E-state index in [1.54, 1.807) is 6.07 Å². The van der Waals surface area contributed by atoms with Crippen molar-refractivity contribution in [3.05, 3.63) is 61.3 Å². The molecule has 2 amide bonds. The van der Waals surface area contributed by atoms with Crippen molar-refractivity contribution in [2.75, 3.05) is 0 Å². The number of nitrogens with zero attached hydrogens (tertiary/aromatic N) is 1. The predicted octanol–water partition coefficient (Wildman–Crippen LogP) is 2.53. The third-order valence-electron chi connectivity index (χ3n) is 3.39. The molecule has 2 rings (SSSR count). The normalized spacial score (nSPS) is 10.2. The average Bonchev–Trinajstić information content (AvgIpc) is 2.94. The molecule has 7 nitrogen and oxygen atoms in total. The molecule has 0 saturated carbocycles. The van der Waals surface area contributed by atoms with E-state index in [0.29, 0.717) is 10.4 Å². The van der Waals surface area contributed by atoms with Crippen LogP contribution in [0.15, 0.2) is 30.3 Å². The monoisotopic (exact) mass is 347 g/mol. The molecule has 8 heteroatoms. The number of thiophene rings is 1. The topological polar surface area (TPSA) is 101 Å². The van der Waals surface area contributed by atoms with E-state index in [1.807, 2.05) is 13.8 Å². The summed E-state index contributed by atoms with van der Waals surface area (Å²) in [5.74, 6) is -0.763. The van der Waals surface area contributed by atoms with Gasteiger partial charge in [0.15, 0.2) is 0 Å². The van der Waals surface area contributed by atoms with Crippen LogP contribution in [0.2, 0.25) is 0 Å². The van der Waals surface area contributed by atoms with E-state index in [0.717, 1.165) is 16.9 Å². The molecule has 0 spiro atoms. The lowest BCUT2D eigenvalue weighted by molar-refractivity contribution is -0.384. The number of nitrogens with one attached hydrogen (secondary N) is 2. The molecule has 0 aliphatic heterocycles. The number of carbonyl (C=O) groups excluding carboxylic acids is 2. The number of carbonyl (C=O) groups is 2. The molecule has 0 bridgehead atoms. The summed E-state index contributed by atoms with van der Waals surface area (Å²) >= 11 is 1.40. The fourth-order valence-electron chi connectivity index (χ4n) is 2.14. The highest BCUT2D eigenvalue weighted by molar-refractivity contribution is 7.14. The molecular weight excluding hydrogens is 330 g/mol. The molecule has 0 aliphatic rings. The maximum Gasteiger partial charge on any atom is 0.279 e. The van der Waals surface area contributed by atoms with Crippen molar-refractivity contribution in [3.8, 4) is 0 Å². The van der Waals surface area contributed by atoms with Crippen LogP contribution in [-0.2, 0) is 17.6 Å². The first-order valence-corrected chi connectivity index (χ1v) is 8.14. The van der Waals surface area contributed by atoms with E-state index in [4.69, 9.17) is 0 Å². The van der Waals surface area contributed by atoms with Crippen LogP contribution in [0, 0.1) is 17.0 Å². The SMILES string of the molecule is CCc1sc(C(=O)NNC(=O)Cc2ccc([N+](=O)[O-])cc2)cc1C. The summed E-state index contributed by atoms with van der Waals surface area (Å²) in [6.45, 7) is 3.96. The van der Waals surface area contributed by atoms with Gasteiger partial charge in [-0.1, -0.05) is 19.1 Å². The molecule has 126 valence electrons. The van der Waals surface area contributed by atoms with Gasteiger partial charge in [0.1, 0.15) is 0 Å². The summed E-state index contributed by atoms with van der Waals surface area (Å²) < 4.78 is 0. The van der Waals surface area contributed by atoms with E-state index in [-0.39, 0.29) is 18.0 Å². The Bertz CT molecular complexity index is 768. The second kappa shape index (κ2) is 7.69. The lowest BCUT2D eigenvalue weighted by Gasteiger charge is -2.06. The summed E-state index contributed by atoms with van der Waals surface area (Å²) in [5.41, 5.74) is 6.37. The summed E-state index contributed by atoms with van der Waals surface area (Å²) in [4.78, 5) is 35.6. The molecule has 0 unspecified atom stereocenters. The molecule has 1 heterocycles. The molecule has 1 aromatic carbocycles. The number of rotatable bonds is 5. The highest BCUT2D eigenvalue weighted by Gasteiger charge is 2.13. The Kier molecular flexibility index (Phi) is 5.64. The minimum Gasteiger partial charge on any atom is -0.273 e. The standard InChI is InChI=1S/C16H17N3O4S/c1-3-13-10(2)8-14(24-13)16(21)18-17-15(20)9-11-4-6-12(7-5-11)19(22)23/h4-8H,3,9H2,1-2H3,(H,17,20)(H,18,21). The third-order valence-corrected chi connectivity index (χ3v) is 4.77. The summed E-state index contributed by atoms with van der Waals surface area (Å²) in [7, 11) is 0. The Hall–Kier alpha value is -2.74. The first-order chi connectivity index (χ1) is 11.4. The molecule has 0 saturated heterocycles. The van der Waals surface area contributed by atoms with Crippen molar-refractivity contribution >= 4 is 28.8 Å². The first-order valence-electron chi connectivity index (χ1n) is 7.32. The first kappa shape index (κ1) is 17.6. The van der Waals surface area contributed by atoms with Gasteiger partial charge in [-0.3, -0.25) is 30.6 Å². The fourth-order valence-corrected chi connectivity index (χ4v) is 3.15. The van der Waals surface area contributed by atoms with Gasteiger partial charge in [-0.2, -0.15) is 0 Å². The number of amides is 2. The van der Waals surface area contributed by atoms with Crippen LogP contribution in [0.3, 0.4) is 0 Å². The smallest absolute Gasteiger partial charge is 0.273 e. The van der Waals surface area contributed by atoms with E-state index < -0.39 is 10.8 Å². The number of benzene rings is 1. The lowest BCUT2D eigenvalue weighted by Crippen LogP contribution is -2.42. The van der Waals surface area contributed by atoms with E-state index in [9.17, 15) is 19.7 Å². The Morgan fingerprint density at radius 2 is 1.88 bits per heavy atom. The summed E-state index contributed by atoms with van der Waals surface area (Å²) in [6, 6.07) is 7.48. The van der Waals surface area contributed by atoms with Crippen molar-refractivity contribution in [3.63, 3.8) is 0 Å². The van der Waals surface area contributed by atoms with Crippen molar-refractivity contribution in [1.29, 1.82) is 0 Å². The number of hydrogen-bond acceptors (Lipinski definition) is 5. The van der Waals surface area contributed by atoms with Gasteiger partial charge in [0.05, 0.1) is 16.2 Å². The van der Waals surface area contributed by atoms with Gasteiger partial charge < -0.3 is 0 Å². The quantitative estimate of drug-likeness (QED) is 0.641. The highest BCUT2D eigenvalue weighted by Crippen LogP contribution is 2.22. The zero-order valence-electron chi connectivity index (χ0n) is 13.3. The van der Waals surface area contributed by atoms with Gasteiger partial charge in [-0.15, -0.1) is 11.3 Å². The Labute approximate surface area is 142 Å². The lowest BCUT2D eigenvalue weighted by atomic mass is 10.1. The van der Waals surface area contributed by atoms with Crippen LogP contribution < -0.4 is 10.9 Å². The van der Waals surface area contributed by atoms with E-state index in [1.165, 1.54) is 35.6 Å². The molecule has 24 heavy (non-hydrogen) atoms. The maximum absolute atomic E-state index is 12.0. The average molecular weight is 347 g/mol. The van der Waals surface area contributed by atoms with Gasteiger partial charge >= 0.3 is 0 Å². The zero-order valence-corrected chi connectivity index (χ0v) is 14.1. The van der Waals surface area contributed by atoms with Crippen molar-refractivity contribution in [2.45, 2.75) is 26.7 Å². The molecular formula is C16H17N3O4S. The molecule has 0 atom stereocenters. The number of nitro groups is 1. The van der Waals surface area contributed by atoms with E-state index >= 15 is 0 Å². The van der Waals surface area contributed by atoms with Gasteiger partial charge in [-0.25, -0.2) is 0 Å². The molecule has 0 aliphatic carbocycles. The Balaban J connectivity index is 1.88. The van der Waals surface area contributed by atoms with Gasteiger partial charge in [0.2, 0.25) is 5.91 Å².